The minimum absolute atomic E-state index is 0.444. The summed E-state index contributed by atoms with van der Waals surface area (Å²) in [6.07, 6.45) is -0.458. The number of para-hydroxylation sites is 1. The molecule has 0 fully saturated rings. The molecule has 1 aromatic rings. The van der Waals surface area contributed by atoms with Gasteiger partial charge in [0, 0.05) is 18.8 Å². The van der Waals surface area contributed by atoms with Gasteiger partial charge in [0.2, 0.25) is 0 Å². The summed E-state index contributed by atoms with van der Waals surface area (Å²) < 4.78 is 0. The highest BCUT2D eigenvalue weighted by atomic mass is 16.4. The molecule has 0 aromatic heterocycles. The lowest BCUT2D eigenvalue weighted by Gasteiger charge is -2.20. The Balaban J connectivity index is 2.31. The van der Waals surface area contributed by atoms with Gasteiger partial charge in [0.1, 0.15) is 5.92 Å². The number of rotatable bonds is 3. The van der Waals surface area contributed by atoms with E-state index in [1.54, 1.807) is 6.92 Å². The summed E-state index contributed by atoms with van der Waals surface area (Å²) in [5.74, 6) is -1.28. The van der Waals surface area contributed by atoms with Gasteiger partial charge < -0.3 is 15.1 Å². The van der Waals surface area contributed by atoms with E-state index < -0.39 is 18.0 Å². The van der Waals surface area contributed by atoms with E-state index in [-0.39, 0.29) is 0 Å². The van der Waals surface area contributed by atoms with Crippen molar-refractivity contribution in [1.29, 1.82) is 0 Å². The van der Waals surface area contributed by atoms with E-state index in [4.69, 9.17) is 5.11 Å². The van der Waals surface area contributed by atoms with Crippen LogP contribution >= 0.6 is 0 Å². The zero-order chi connectivity index (χ0) is 11.7. The van der Waals surface area contributed by atoms with Crippen LogP contribution in [0, 0.1) is 0 Å². The lowest BCUT2D eigenvalue weighted by atomic mass is 10.0. The van der Waals surface area contributed by atoms with Gasteiger partial charge in [0.05, 0.1) is 6.10 Å². The normalized spacial score (nSPS) is 20.6. The van der Waals surface area contributed by atoms with E-state index in [1.165, 1.54) is 0 Å². The minimum Gasteiger partial charge on any atom is -0.481 e. The number of carboxylic acids is 1. The van der Waals surface area contributed by atoms with Crippen molar-refractivity contribution in [2.75, 3.05) is 18.0 Å². The maximum atomic E-state index is 11.1. The van der Waals surface area contributed by atoms with Crippen molar-refractivity contribution in [3.63, 3.8) is 0 Å². The second-order valence-corrected chi connectivity index (χ2v) is 4.20. The van der Waals surface area contributed by atoms with Gasteiger partial charge in [-0.15, -0.1) is 0 Å². The number of fused-ring (bicyclic) bond motifs is 1. The Hall–Kier alpha value is -1.55. The van der Waals surface area contributed by atoms with Gasteiger partial charge in [0.25, 0.3) is 0 Å². The van der Waals surface area contributed by atoms with E-state index in [0.717, 1.165) is 11.3 Å². The molecule has 2 atom stereocenters. The zero-order valence-electron chi connectivity index (χ0n) is 9.13. The molecule has 4 nitrogen and oxygen atoms in total. The Morgan fingerprint density at radius 1 is 1.56 bits per heavy atom. The molecule has 0 spiro atoms. The second-order valence-electron chi connectivity index (χ2n) is 4.20. The topological polar surface area (TPSA) is 60.8 Å². The summed E-state index contributed by atoms with van der Waals surface area (Å²) in [5.41, 5.74) is 1.77. The van der Waals surface area contributed by atoms with Gasteiger partial charge in [0.15, 0.2) is 0 Å². The Morgan fingerprint density at radius 3 is 2.88 bits per heavy atom. The maximum absolute atomic E-state index is 11.1. The highest BCUT2D eigenvalue weighted by Gasteiger charge is 2.33. The fourth-order valence-corrected chi connectivity index (χ4v) is 2.19. The average molecular weight is 221 g/mol. The first-order chi connectivity index (χ1) is 7.59. The molecule has 0 radical (unpaired) electrons. The predicted octanol–water partition coefficient (Wildman–Crippen LogP) is 1.06. The summed E-state index contributed by atoms with van der Waals surface area (Å²) in [5, 5.41) is 18.5. The third-order valence-electron chi connectivity index (χ3n) is 2.84. The standard InChI is InChI=1S/C12H15NO3/c1-8(14)6-13-7-10(12(15)16)9-4-2-3-5-11(9)13/h2-5,8,10,14H,6-7H2,1H3,(H,15,16). The zero-order valence-corrected chi connectivity index (χ0v) is 9.13. The van der Waals surface area contributed by atoms with Crippen LogP contribution in [0.5, 0.6) is 0 Å². The summed E-state index contributed by atoms with van der Waals surface area (Å²) >= 11 is 0. The predicted molar refractivity (Wildman–Crippen MR) is 60.7 cm³/mol. The molecular formula is C12H15NO3. The van der Waals surface area contributed by atoms with Gasteiger partial charge >= 0.3 is 5.97 Å². The number of hydrogen-bond acceptors (Lipinski definition) is 3. The molecule has 4 heteroatoms. The summed E-state index contributed by atoms with van der Waals surface area (Å²) in [6.45, 7) is 2.62. The smallest absolute Gasteiger partial charge is 0.312 e. The van der Waals surface area contributed by atoms with E-state index in [1.807, 2.05) is 29.2 Å². The highest BCUT2D eigenvalue weighted by molar-refractivity contribution is 5.82. The highest BCUT2D eigenvalue weighted by Crippen LogP contribution is 2.36. The Labute approximate surface area is 94.1 Å². The van der Waals surface area contributed by atoms with Crippen LogP contribution in [0.1, 0.15) is 18.4 Å². The molecule has 0 amide bonds. The van der Waals surface area contributed by atoms with E-state index in [0.29, 0.717) is 13.1 Å². The monoisotopic (exact) mass is 221 g/mol. The van der Waals surface area contributed by atoms with Crippen molar-refractivity contribution < 1.29 is 15.0 Å². The van der Waals surface area contributed by atoms with E-state index >= 15 is 0 Å². The molecule has 2 unspecified atom stereocenters. The maximum Gasteiger partial charge on any atom is 0.312 e. The summed E-state index contributed by atoms with van der Waals surface area (Å²) in [7, 11) is 0. The molecule has 1 aromatic carbocycles. The first-order valence-corrected chi connectivity index (χ1v) is 5.34. The number of carbonyl (C=O) groups is 1. The number of benzene rings is 1. The first kappa shape index (κ1) is 11.0. The largest absolute Gasteiger partial charge is 0.481 e. The Kier molecular flexibility index (Phi) is 2.83. The number of carboxylic acid groups (broad SMARTS) is 1. The summed E-state index contributed by atoms with van der Waals surface area (Å²) in [4.78, 5) is 13.0. The Morgan fingerprint density at radius 2 is 2.25 bits per heavy atom. The van der Waals surface area contributed by atoms with Gasteiger partial charge in [-0.25, -0.2) is 0 Å². The third-order valence-corrected chi connectivity index (χ3v) is 2.84. The molecular weight excluding hydrogens is 206 g/mol. The van der Waals surface area contributed by atoms with Crippen molar-refractivity contribution in [2.24, 2.45) is 0 Å². The van der Waals surface area contributed by atoms with Crippen LogP contribution in [0.3, 0.4) is 0 Å². The minimum atomic E-state index is -0.805. The summed E-state index contributed by atoms with van der Waals surface area (Å²) in [6, 6.07) is 7.48. The van der Waals surface area contributed by atoms with Gasteiger partial charge in [-0.3, -0.25) is 4.79 Å². The molecule has 0 aliphatic carbocycles. The van der Waals surface area contributed by atoms with Crippen LogP contribution in [0.4, 0.5) is 5.69 Å². The van der Waals surface area contributed by atoms with E-state index in [9.17, 15) is 9.90 Å². The molecule has 0 bridgehead atoms. The number of nitrogens with zero attached hydrogens (tertiary/aromatic N) is 1. The van der Waals surface area contributed by atoms with Crippen LogP contribution in [0.2, 0.25) is 0 Å². The number of β-amino-alcohol motifs (C(OH)–C–C–N with tert-alkyl or cyclic N) is 1. The fourth-order valence-electron chi connectivity index (χ4n) is 2.19. The van der Waals surface area contributed by atoms with Crippen molar-refractivity contribution in [3.8, 4) is 0 Å². The molecule has 16 heavy (non-hydrogen) atoms. The van der Waals surface area contributed by atoms with Crippen LogP contribution in [0.25, 0.3) is 0 Å². The lowest BCUT2D eigenvalue weighted by molar-refractivity contribution is -0.138. The van der Waals surface area contributed by atoms with E-state index in [2.05, 4.69) is 0 Å². The molecule has 1 heterocycles. The molecule has 0 saturated heterocycles. The second kappa shape index (κ2) is 4.14. The van der Waals surface area contributed by atoms with Crippen molar-refractivity contribution in [3.05, 3.63) is 29.8 Å². The van der Waals surface area contributed by atoms with Crippen LogP contribution in [0.15, 0.2) is 24.3 Å². The van der Waals surface area contributed by atoms with Crippen LogP contribution in [-0.4, -0.2) is 35.4 Å². The van der Waals surface area contributed by atoms with Crippen molar-refractivity contribution >= 4 is 11.7 Å². The molecule has 86 valence electrons. The van der Waals surface area contributed by atoms with Gasteiger partial charge in [-0.1, -0.05) is 18.2 Å². The number of hydrogen-bond donors (Lipinski definition) is 2. The molecule has 1 aliphatic rings. The fraction of sp³-hybridized carbons (Fsp3) is 0.417. The third kappa shape index (κ3) is 1.88. The van der Waals surface area contributed by atoms with Crippen LogP contribution < -0.4 is 4.90 Å². The number of aliphatic hydroxyl groups is 1. The average Bonchev–Trinajstić information content (AvgIpc) is 2.57. The van der Waals surface area contributed by atoms with Gasteiger partial charge in [-0.2, -0.15) is 0 Å². The van der Waals surface area contributed by atoms with Gasteiger partial charge in [-0.05, 0) is 18.6 Å². The SMILES string of the molecule is CC(O)CN1CC(C(=O)O)c2ccccc21. The van der Waals surface area contributed by atoms with Crippen LogP contribution in [-0.2, 0) is 4.79 Å². The van der Waals surface area contributed by atoms with Crippen molar-refractivity contribution in [1.82, 2.24) is 0 Å². The first-order valence-electron chi connectivity index (χ1n) is 5.34. The lowest BCUT2D eigenvalue weighted by Crippen LogP contribution is -2.31. The molecule has 0 saturated carbocycles. The number of aliphatic carboxylic acids is 1. The number of anilines is 1. The molecule has 1 aliphatic heterocycles. The number of aliphatic hydroxyl groups excluding tert-OH is 1. The van der Waals surface area contributed by atoms with Crippen molar-refractivity contribution in [2.45, 2.75) is 18.9 Å². The molecule has 2 rings (SSSR count). The quantitative estimate of drug-likeness (QED) is 0.801. The Bertz CT molecular complexity index is 403. The molecule has 2 N–H and O–H groups in total.